The summed E-state index contributed by atoms with van der Waals surface area (Å²) in [6.45, 7) is 0. The Morgan fingerprint density at radius 2 is 2.10 bits per heavy atom. The smallest absolute Gasteiger partial charge is 0.137 e. The lowest BCUT2D eigenvalue weighted by atomic mass is 10.3. The van der Waals surface area contributed by atoms with Crippen LogP contribution < -0.4 is 0 Å². The number of hydrogen-bond acceptors (Lipinski definition) is 1. The van der Waals surface area contributed by atoms with Crippen LogP contribution in [-0.2, 0) is 0 Å². The third-order valence-corrected chi connectivity index (χ3v) is 3.62. The van der Waals surface area contributed by atoms with E-state index in [-0.39, 0.29) is 5.82 Å². The standard InChI is InChI=1S/C6H3BrFIS/c7-3-1-6(10)4(8)2-5(3)9/h1-2,10H. The molecule has 0 aromatic heterocycles. The number of hydrogen-bond donors (Lipinski definition) is 1. The van der Waals surface area contributed by atoms with Crippen LogP contribution in [0.25, 0.3) is 0 Å². The highest BCUT2D eigenvalue weighted by Gasteiger charge is 2.01. The molecule has 0 spiro atoms. The molecule has 0 saturated heterocycles. The highest BCUT2D eigenvalue weighted by molar-refractivity contribution is 14.1. The van der Waals surface area contributed by atoms with E-state index in [1.165, 1.54) is 6.07 Å². The van der Waals surface area contributed by atoms with Gasteiger partial charge in [-0.15, -0.1) is 12.6 Å². The summed E-state index contributed by atoms with van der Waals surface area (Å²) in [5, 5.41) is 0. The molecule has 0 unspecified atom stereocenters. The van der Waals surface area contributed by atoms with Crippen LogP contribution >= 0.6 is 51.1 Å². The van der Waals surface area contributed by atoms with Crippen LogP contribution in [0.4, 0.5) is 4.39 Å². The maximum absolute atomic E-state index is 12.7. The molecule has 0 saturated carbocycles. The number of rotatable bonds is 0. The normalized spacial score (nSPS) is 10.0. The fourth-order valence-electron chi connectivity index (χ4n) is 0.512. The van der Waals surface area contributed by atoms with Gasteiger partial charge in [0, 0.05) is 12.9 Å². The van der Waals surface area contributed by atoms with Gasteiger partial charge >= 0.3 is 0 Å². The average Bonchev–Trinajstić information content (AvgIpc) is 1.84. The molecule has 0 aliphatic heterocycles. The molecule has 0 atom stereocenters. The average molecular weight is 333 g/mol. The Morgan fingerprint density at radius 1 is 1.50 bits per heavy atom. The van der Waals surface area contributed by atoms with Crippen molar-refractivity contribution in [3.63, 3.8) is 0 Å². The summed E-state index contributed by atoms with van der Waals surface area (Å²) in [6, 6.07) is 3.08. The maximum atomic E-state index is 12.7. The minimum absolute atomic E-state index is 0.282. The first-order valence-corrected chi connectivity index (χ1v) is 4.76. The summed E-state index contributed by atoms with van der Waals surface area (Å²) in [6.07, 6.45) is 0. The highest BCUT2D eigenvalue weighted by atomic mass is 127. The Labute approximate surface area is 85.9 Å². The van der Waals surface area contributed by atoms with Crippen LogP contribution in [-0.4, -0.2) is 0 Å². The molecule has 0 N–H and O–H groups in total. The first-order chi connectivity index (χ1) is 4.61. The van der Waals surface area contributed by atoms with Gasteiger partial charge in [0.1, 0.15) is 5.82 Å². The molecule has 0 radical (unpaired) electrons. The van der Waals surface area contributed by atoms with Crippen molar-refractivity contribution in [3.05, 3.63) is 26.0 Å². The van der Waals surface area contributed by atoms with Gasteiger partial charge in [-0.2, -0.15) is 0 Å². The quantitative estimate of drug-likeness (QED) is 0.420. The van der Waals surface area contributed by atoms with Crippen LogP contribution in [0, 0.1) is 9.39 Å². The molecule has 0 bridgehead atoms. The first kappa shape index (κ1) is 8.80. The van der Waals surface area contributed by atoms with Crippen LogP contribution in [0.5, 0.6) is 0 Å². The zero-order valence-corrected chi connectivity index (χ0v) is 9.37. The lowest BCUT2D eigenvalue weighted by Crippen LogP contribution is -1.81. The zero-order valence-electron chi connectivity index (χ0n) is 4.74. The Kier molecular flexibility index (Phi) is 3.00. The highest BCUT2D eigenvalue weighted by Crippen LogP contribution is 2.24. The lowest BCUT2D eigenvalue weighted by Gasteiger charge is -1.97. The van der Waals surface area contributed by atoms with Crippen molar-refractivity contribution in [2.24, 2.45) is 0 Å². The first-order valence-electron chi connectivity index (χ1n) is 2.45. The molecule has 0 heterocycles. The molecular weight excluding hydrogens is 330 g/mol. The summed E-state index contributed by atoms with van der Waals surface area (Å²) >= 11 is 9.21. The van der Waals surface area contributed by atoms with E-state index >= 15 is 0 Å². The van der Waals surface area contributed by atoms with Gasteiger partial charge in [0.25, 0.3) is 0 Å². The van der Waals surface area contributed by atoms with Gasteiger partial charge in [-0.3, -0.25) is 0 Å². The minimum Gasteiger partial charge on any atom is -0.206 e. The van der Waals surface area contributed by atoms with Crippen LogP contribution in [0.15, 0.2) is 21.5 Å². The predicted octanol–water partition coefficient (Wildman–Crippen LogP) is 3.48. The Bertz CT molecular complexity index is 214. The second-order valence-electron chi connectivity index (χ2n) is 1.72. The number of thiol groups is 1. The summed E-state index contributed by atoms with van der Waals surface area (Å²) in [5.74, 6) is -0.282. The van der Waals surface area contributed by atoms with Crippen molar-refractivity contribution in [1.29, 1.82) is 0 Å². The van der Waals surface area contributed by atoms with Crippen molar-refractivity contribution >= 4 is 51.1 Å². The number of halogens is 3. The van der Waals surface area contributed by atoms with Crippen LogP contribution in [0.2, 0.25) is 0 Å². The molecule has 1 aromatic carbocycles. The van der Waals surface area contributed by atoms with Gasteiger partial charge in [0.15, 0.2) is 0 Å². The van der Waals surface area contributed by atoms with Gasteiger partial charge in [0.2, 0.25) is 0 Å². The fourth-order valence-corrected chi connectivity index (χ4v) is 1.66. The van der Waals surface area contributed by atoms with Gasteiger partial charge < -0.3 is 0 Å². The largest absolute Gasteiger partial charge is 0.206 e. The monoisotopic (exact) mass is 332 g/mol. The Hall–Kier alpha value is 0.710. The summed E-state index contributed by atoms with van der Waals surface area (Å²) in [7, 11) is 0. The van der Waals surface area contributed by atoms with Gasteiger partial charge in [-0.1, -0.05) is 0 Å². The van der Waals surface area contributed by atoms with E-state index in [9.17, 15) is 4.39 Å². The molecule has 10 heavy (non-hydrogen) atoms. The molecule has 1 aromatic rings. The fraction of sp³-hybridized carbons (Fsp3) is 0. The molecule has 0 aliphatic rings. The van der Waals surface area contributed by atoms with Crippen molar-refractivity contribution < 1.29 is 4.39 Å². The molecule has 0 nitrogen and oxygen atoms in total. The molecule has 54 valence electrons. The molecule has 0 amide bonds. The second kappa shape index (κ2) is 3.40. The van der Waals surface area contributed by atoms with Crippen molar-refractivity contribution in [2.75, 3.05) is 0 Å². The molecule has 0 aliphatic carbocycles. The summed E-state index contributed by atoms with van der Waals surface area (Å²) in [5.41, 5.74) is 0. The third kappa shape index (κ3) is 1.85. The predicted molar refractivity (Wildman–Crippen MR) is 54.1 cm³/mol. The SMILES string of the molecule is Fc1cc(I)c(Br)cc1S. The van der Waals surface area contributed by atoms with Crippen molar-refractivity contribution in [2.45, 2.75) is 4.90 Å². The summed E-state index contributed by atoms with van der Waals surface area (Å²) in [4.78, 5) is 0.368. The molecular formula is C6H3BrFIS. The van der Waals surface area contributed by atoms with E-state index in [0.29, 0.717) is 4.90 Å². The van der Waals surface area contributed by atoms with Crippen molar-refractivity contribution in [1.82, 2.24) is 0 Å². The van der Waals surface area contributed by atoms with E-state index in [0.717, 1.165) is 8.04 Å². The Balaban J connectivity index is 3.28. The topological polar surface area (TPSA) is 0 Å². The van der Waals surface area contributed by atoms with E-state index in [4.69, 9.17) is 0 Å². The lowest BCUT2D eigenvalue weighted by molar-refractivity contribution is 0.601. The zero-order chi connectivity index (χ0) is 7.72. The maximum Gasteiger partial charge on any atom is 0.137 e. The van der Waals surface area contributed by atoms with Crippen LogP contribution in [0.3, 0.4) is 0 Å². The van der Waals surface area contributed by atoms with E-state index in [1.54, 1.807) is 6.07 Å². The number of benzene rings is 1. The Morgan fingerprint density at radius 3 is 2.60 bits per heavy atom. The minimum atomic E-state index is -0.282. The van der Waals surface area contributed by atoms with Crippen LogP contribution in [0.1, 0.15) is 0 Å². The summed E-state index contributed by atoms with van der Waals surface area (Å²) < 4.78 is 14.4. The molecule has 0 fully saturated rings. The molecule has 1 rings (SSSR count). The van der Waals surface area contributed by atoms with Gasteiger partial charge in [-0.25, -0.2) is 4.39 Å². The molecule has 4 heteroatoms. The second-order valence-corrected chi connectivity index (χ2v) is 4.22. The van der Waals surface area contributed by atoms with E-state index in [2.05, 4.69) is 28.6 Å². The van der Waals surface area contributed by atoms with E-state index in [1.807, 2.05) is 22.6 Å². The van der Waals surface area contributed by atoms with Gasteiger partial charge in [-0.05, 0) is 50.7 Å². The van der Waals surface area contributed by atoms with E-state index < -0.39 is 0 Å². The third-order valence-electron chi connectivity index (χ3n) is 0.990. The van der Waals surface area contributed by atoms with Crippen molar-refractivity contribution in [3.8, 4) is 0 Å². The van der Waals surface area contributed by atoms with Gasteiger partial charge in [0.05, 0.1) is 0 Å².